The van der Waals surface area contributed by atoms with Crippen LogP contribution in [0, 0.1) is 11.8 Å². The lowest BCUT2D eigenvalue weighted by atomic mass is 10.0. The number of carbonyl (C=O) groups excluding carboxylic acids is 3. The summed E-state index contributed by atoms with van der Waals surface area (Å²) in [6.45, 7) is 11.6. The summed E-state index contributed by atoms with van der Waals surface area (Å²) < 4.78 is 11.2. The number of nitrogens with one attached hydrogen (secondary N) is 1. The first-order valence-corrected chi connectivity index (χ1v) is 16.5. The van der Waals surface area contributed by atoms with Crippen LogP contribution in [0.1, 0.15) is 163 Å². The average molecular weight is 554 g/mol. The molecule has 0 aromatic carbocycles. The number of hydrogen-bond donors (Lipinski definition) is 1. The van der Waals surface area contributed by atoms with Crippen molar-refractivity contribution in [1.82, 2.24) is 5.32 Å². The quantitative estimate of drug-likeness (QED) is 0.0812. The topological polar surface area (TPSA) is 81.7 Å². The zero-order valence-electron chi connectivity index (χ0n) is 26.3. The summed E-state index contributed by atoms with van der Waals surface area (Å²) in [5, 5.41) is 2.87. The normalized spacial score (nSPS) is 13.5. The number of ether oxygens (including phenoxy) is 2. The van der Waals surface area contributed by atoms with Gasteiger partial charge in [-0.3, -0.25) is 9.59 Å². The van der Waals surface area contributed by atoms with Crippen LogP contribution in [0.3, 0.4) is 0 Å². The summed E-state index contributed by atoms with van der Waals surface area (Å²) >= 11 is 0. The van der Waals surface area contributed by atoms with Gasteiger partial charge in [-0.05, 0) is 37.5 Å². The summed E-state index contributed by atoms with van der Waals surface area (Å²) in [5.74, 6) is -0.194. The molecular weight excluding hydrogens is 490 g/mol. The third kappa shape index (κ3) is 21.9. The predicted molar refractivity (Wildman–Crippen MR) is 162 cm³/mol. The average Bonchev–Trinajstić information content (AvgIpc) is 2.94. The summed E-state index contributed by atoms with van der Waals surface area (Å²) in [7, 11) is 0. The molecular formula is C33H63NO5. The van der Waals surface area contributed by atoms with Crippen LogP contribution in [0.5, 0.6) is 0 Å². The molecule has 0 rings (SSSR count). The Kier molecular flexibility index (Phi) is 25.5. The highest BCUT2D eigenvalue weighted by molar-refractivity contribution is 5.85. The third-order valence-corrected chi connectivity index (χ3v) is 7.79. The molecule has 0 aliphatic rings. The van der Waals surface area contributed by atoms with Gasteiger partial charge in [0, 0.05) is 12.8 Å². The highest BCUT2D eigenvalue weighted by Gasteiger charge is 2.24. The van der Waals surface area contributed by atoms with Crippen LogP contribution < -0.4 is 5.32 Å². The van der Waals surface area contributed by atoms with Crippen LogP contribution in [0.15, 0.2) is 0 Å². The molecule has 2 unspecified atom stereocenters. The Bertz CT molecular complexity index is 609. The molecule has 0 aromatic rings. The molecule has 3 atom stereocenters. The molecule has 0 aromatic heterocycles. The van der Waals surface area contributed by atoms with Gasteiger partial charge in [-0.1, -0.05) is 125 Å². The minimum absolute atomic E-state index is 0.0926. The van der Waals surface area contributed by atoms with Crippen molar-refractivity contribution in [3.8, 4) is 0 Å². The standard InChI is InChI=1S/C33H63NO5/c1-6-11-14-15-16-17-18-19-20-23-31(35)34-30(33(37)39-27-29(10-5)22-13-8-3)24-25-32(36)38-26-28(9-4)21-12-7-2/h28-30H,6-27H2,1-5H3,(H,34,35)/t28?,29?,30-/m0/s1. The molecule has 6 heteroatoms. The maximum absolute atomic E-state index is 13.0. The zero-order valence-corrected chi connectivity index (χ0v) is 26.3. The van der Waals surface area contributed by atoms with E-state index in [1.54, 1.807) is 0 Å². The summed E-state index contributed by atoms with van der Waals surface area (Å²) in [6, 6.07) is -0.811. The Balaban J connectivity index is 4.70. The maximum Gasteiger partial charge on any atom is 0.328 e. The van der Waals surface area contributed by atoms with E-state index in [1.807, 2.05) is 0 Å². The molecule has 39 heavy (non-hydrogen) atoms. The highest BCUT2D eigenvalue weighted by Crippen LogP contribution is 2.16. The van der Waals surface area contributed by atoms with Crippen molar-refractivity contribution in [2.45, 2.75) is 169 Å². The highest BCUT2D eigenvalue weighted by atomic mass is 16.5. The van der Waals surface area contributed by atoms with Gasteiger partial charge in [0.15, 0.2) is 0 Å². The molecule has 0 radical (unpaired) electrons. The van der Waals surface area contributed by atoms with Crippen molar-refractivity contribution in [2.75, 3.05) is 13.2 Å². The van der Waals surface area contributed by atoms with Gasteiger partial charge in [0.1, 0.15) is 6.04 Å². The van der Waals surface area contributed by atoms with Crippen LogP contribution in [-0.4, -0.2) is 37.1 Å². The molecule has 0 aliphatic carbocycles. The third-order valence-electron chi connectivity index (χ3n) is 7.79. The lowest BCUT2D eigenvalue weighted by Crippen LogP contribution is -2.42. The van der Waals surface area contributed by atoms with E-state index in [1.165, 1.54) is 38.5 Å². The van der Waals surface area contributed by atoms with E-state index in [9.17, 15) is 14.4 Å². The maximum atomic E-state index is 13.0. The smallest absolute Gasteiger partial charge is 0.328 e. The molecule has 6 nitrogen and oxygen atoms in total. The molecule has 0 aliphatic heterocycles. The first-order valence-electron chi connectivity index (χ1n) is 16.5. The second kappa shape index (κ2) is 26.6. The molecule has 0 heterocycles. The Morgan fingerprint density at radius 2 is 1.05 bits per heavy atom. The van der Waals surface area contributed by atoms with Gasteiger partial charge in [-0.15, -0.1) is 0 Å². The van der Waals surface area contributed by atoms with Crippen LogP contribution in [0.4, 0.5) is 0 Å². The molecule has 230 valence electrons. The number of unbranched alkanes of at least 4 members (excludes halogenated alkanes) is 10. The largest absolute Gasteiger partial charge is 0.465 e. The number of amides is 1. The first-order chi connectivity index (χ1) is 18.9. The second-order valence-corrected chi connectivity index (χ2v) is 11.4. The van der Waals surface area contributed by atoms with Gasteiger partial charge in [-0.2, -0.15) is 0 Å². The van der Waals surface area contributed by atoms with Crippen LogP contribution in [0.25, 0.3) is 0 Å². The summed E-state index contributed by atoms with van der Waals surface area (Å²) in [5.41, 5.74) is 0. The first kappa shape index (κ1) is 37.4. The summed E-state index contributed by atoms with van der Waals surface area (Å²) in [6.07, 6.45) is 19.9. The van der Waals surface area contributed by atoms with E-state index in [0.29, 0.717) is 31.5 Å². The van der Waals surface area contributed by atoms with E-state index >= 15 is 0 Å². The molecule has 0 bridgehead atoms. The monoisotopic (exact) mass is 553 g/mol. The second-order valence-electron chi connectivity index (χ2n) is 11.4. The lowest BCUT2D eigenvalue weighted by Gasteiger charge is -2.20. The molecule has 0 saturated carbocycles. The van der Waals surface area contributed by atoms with Gasteiger partial charge in [0.05, 0.1) is 13.2 Å². The minimum atomic E-state index is -0.811. The number of hydrogen-bond acceptors (Lipinski definition) is 5. The Morgan fingerprint density at radius 1 is 0.564 bits per heavy atom. The molecule has 0 spiro atoms. The predicted octanol–water partition coefficient (Wildman–Crippen LogP) is 8.69. The van der Waals surface area contributed by atoms with Crippen LogP contribution >= 0.6 is 0 Å². The van der Waals surface area contributed by atoms with Crippen molar-refractivity contribution in [2.24, 2.45) is 11.8 Å². The van der Waals surface area contributed by atoms with Gasteiger partial charge in [0.2, 0.25) is 5.91 Å². The van der Waals surface area contributed by atoms with Crippen molar-refractivity contribution in [3.63, 3.8) is 0 Å². The van der Waals surface area contributed by atoms with E-state index in [4.69, 9.17) is 9.47 Å². The van der Waals surface area contributed by atoms with Crippen molar-refractivity contribution in [1.29, 1.82) is 0 Å². The van der Waals surface area contributed by atoms with E-state index in [2.05, 4.69) is 39.9 Å². The van der Waals surface area contributed by atoms with Gasteiger partial charge in [-0.25, -0.2) is 4.79 Å². The fraction of sp³-hybridized carbons (Fsp3) is 0.909. The fourth-order valence-corrected chi connectivity index (χ4v) is 4.75. The molecule has 1 N–H and O–H groups in total. The van der Waals surface area contributed by atoms with Gasteiger partial charge >= 0.3 is 11.9 Å². The molecule has 0 fully saturated rings. The Hall–Kier alpha value is -1.59. The van der Waals surface area contributed by atoms with Crippen LogP contribution in [-0.2, 0) is 23.9 Å². The fourth-order valence-electron chi connectivity index (χ4n) is 4.75. The Morgan fingerprint density at radius 3 is 1.56 bits per heavy atom. The lowest BCUT2D eigenvalue weighted by molar-refractivity contribution is -0.150. The van der Waals surface area contributed by atoms with Crippen molar-refractivity contribution < 1.29 is 23.9 Å². The van der Waals surface area contributed by atoms with E-state index < -0.39 is 12.0 Å². The van der Waals surface area contributed by atoms with Crippen molar-refractivity contribution >= 4 is 17.8 Å². The SMILES string of the molecule is CCCCCCCCCCCC(=O)N[C@@H](CCC(=O)OCC(CC)CCCC)C(=O)OCC(CC)CCCC. The molecule has 1 amide bonds. The zero-order chi connectivity index (χ0) is 29.1. The van der Waals surface area contributed by atoms with Gasteiger partial charge < -0.3 is 14.8 Å². The van der Waals surface area contributed by atoms with Gasteiger partial charge in [0.25, 0.3) is 0 Å². The van der Waals surface area contributed by atoms with E-state index in [-0.39, 0.29) is 24.7 Å². The Labute approximate surface area is 241 Å². The van der Waals surface area contributed by atoms with Crippen molar-refractivity contribution in [3.05, 3.63) is 0 Å². The number of rotatable bonds is 27. The summed E-state index contributed by atoms with van der Waals surface area (Å²) in [4.78, 5) is 38.1. The van der Waals surface area contributed by atoms with Crippen LogP contribution in [0.2, 0.25) is 0 Å². The minimum Gasteiger partial charge on any atom is -0.465 e. The molecule has 0 saturated heterocycles. The van der Waals surface area contributed by atoms with E-state index in [0.717, 1.165) is 70.6 Å². The number of esters is 2. The number of carbonyl (C=O) groups is 3.